The molecule has 1 aliphatic carbocycles. The third-order valence-corrected chi connectivity index (χ3v) is 5.91. The molecule has 2 amide bonds. The van der Waals surface area contributed by atoms with Gasteiger partial charge in [0.1, 0.15) is 18.0 Å². The molecule has 0 bridgehead atoms. The number of carbonyl (C=O) groups excluding carboxylic acids is 2. The summed E-state index contributed by atoms with van der Waals surface area (Å²) in [7, 11) is 1.58. The summed E-state index contributed by atoms with van der Waals surface area (Å²) < 4.78 is 22.2. The average molecular weight is 404 g/mol. The van der Waals surface area contributed by atoms with Crippen LogP contribution in [0.25, 0.3) is 0 Å². The lowest BCUT2D eigenvalue weighted by molar-refractivity contribution is -0.127. The Morgan fingerprint density at radius 2 is 1.72 bits per heavy atom. The van der Waals surface area contributed by atoms with Crippen LogP contribution in [0.5, 0.6) is 5.75 Å². The fourth-order valence-electron chi connectivity index (χ4n) is 4.31. The van der Waals surface area contributed by atoms with E-state index in [0.717, 1.165) is 25.7 Å². The van der Waals surface area contributed by atoms with E-state index in [9.17, 15) is 9.59 Å². The molecule has 3 fully saturated rings. The van der Waals surface area contributed by atoms with E-state index >= 15 is 0 Å². The highest BCUT2D eigenvalue weighted by atomic mass is 16.6. The maximum absolute atomic E-state index is 12.5. The first-order valence-corrected chi connectivity index (χ1v) is 10.3. The van der Waals surface area contributed by atoms with Gasteiger partial charge in [-0.15, -0.1) is 0 Å². The minimum atomic E-state index is -0.567. The number of rotatable bonds is 5. The molecule has 3 aliphatic rings. The molecule has 1 saturated carbocycles. The Morgan fingerprint density at radius 3 is 2.45 bits per heavy atom. The molecule has 8 heteroatoms. The predicted molar refractivity (Wildman–Crippen MR) is 105 cm³/mol. The van der Waals surface area contributed by atoms with E-state index in [4.69, 9.17) is 18.9 Å². The summed E-state index contributed by atoms with van der Waals surface area (Å²) in [6, 6.07) is 6.77. The first-order chi connectivity index (χ1) is 14.1. The zero-order valence-electron chi connectivity index (χ0n) is 16.6. The summed E-state index contributed by atoms with van der Waals surface area (Å²) in [5.41, 5.74) is 0.608. The molecule has 158 valence electrons. The van der Waals surface area contributed by atoms with Crippen molar-refractivity contribution in [3.05, 3.63) is 24.3 Å². The second-order valence-electron chi connectivity index (χ2n) is 7.84. The Hall–Kier alpha value is -2.32. The molecule has 0 unspecified atom stereocenters. The number of hydrogen-bond donors (Lipinski definition) is 2. The zero-order valence-corrected chi connectivity index (χ0v) is 16.6. The van der Waals surface area contributed by atoms with Crippen LogP contribution >= 0.6 is 0 Å². The summed E-state index contributed by atoms with van der Waals surface area (Å²) in [6.07, 6.45) is 3.60. The van der Waals surface area contributed by atoms with Crippen molar-refractivity contribution >= 4 is 17.7 Å². The molecule has 2 heterocycles. The second-order valence-corrected chi connectivity index (χ2v) is 7.84. The topological polar surface area (TPSA) is 95.1 Å². The number of benzene rings is 1. The third kappa shape index (κ3) is 4.64. The van der Waals surface area contributed by atoms with Crippen molar-refractivity contribution in [3.8, 4) is 5.75 Å². The van der Waals surface area contributed by atoms with Gasteiger partial charge in [0.05, 0.1) is 26.4 Å². The number of anilines is 1. The van der Waals surface area contributed by atoms with Gasteiger partial charge in [-0.05, 0) is 37.1 Å². The molecule has 2 saturated heterocycles. The molecule has 4 atom stereocenters. The van der Waals surface area contributed by atoms with Crippen LogP contribution in [0.4, 0.5) is 10.5 Å². The van der Waals surface area contributed by atoms with Crippen LogP contribution in [0.2, 0.25) is 0 Å². The van der Waals surface area contributed by atoms with Gasteiger partial charge in [-0.3, -0.25) is 10.1 Å². The van der Waals surface area contributed by atoms with Crippen LogP contribution in [0, 0.1) is 5.92 Å². The summed E-state index contributed by atoms with van der Waals surface area (Å²) in [5.74, 6) is 0.882. The van der Waals surface area contributed by atoms with Crippen molar-refractivity contribution in [2.45, 2.75) is 56.5 Å². The number of amides is 2. The Morgan fingerprint density at radius 1 is 1.00 bits per heavy atom. The Kier molecular flexibility index (Phi) is 6.20. The van der Waals surface area contributed by atoms with E-state index in [0.29, 0.717) is 18.0 Å². The maximum Gasteiger partial charge on any atom is 0.412 e. The van der Waals surface area contributed by atoms with Crippen LogP contribution in [0.1, 0.15) is 32.1 Å². The van der Waals surface area contributed by atoms with Crippen molar-refractivity contribution < 1.29 is 28.5 Å². The average Bonchev–Trinajstić information content (AvgIpc) is 3.32. The van der Waals surface area contributed by atoms with Crippen LogP contribution in [0.15, 0.2) is 24.3 Å². The summed E-state index contributed by atoms with van der Waals surface area (Å²) >= 11 is 0. The number of methoxy groups -OCH3 is 1. The van der Waals surface area contributed by atoms with Gasteiger partial charge < -0.3 is 24.3 Å². The van der Waals surface area contributed by atoms with Gasteiger partial charge in [0.25, 0.3) is 0 Å². The predicted octanol–water partition coefficient (Wildman–Crippen LogP) is 2.47. The molecule has 2 aliphatic heterocycles. The van der Waals surface area contributed by atoms with Crippen molar-refractivity contribution in [2.75, 3.05) is 25.6 Å². The second kappa shape index (κ2) is 9.00. The SMILES string of the molecule is COc1ccc(NC(=O)O[C@H]2CO[C@@H]3[C@@H]2OC[C@@H]3NC(=O)C2CCCCC2)cc1. The highest BCUT2D eigenvalue weighted by Gasteiger charge is 2.50. The van der Waals surface area contributed by atoms with Crippen molar-refractivity contribution in [1.29, 1.82) is 0 Å². The largest absolute Gasteiger partial charge is 0.497 e. The minimum absolute atomic E-state index is 0.0872. The van der Waals surface area contributed by atoms with Crippen molar-refractivity contribution in [1.82, 2.24) is 5.32 Å². The van der Waals surface area contributed by atoms with E-state index in [1.54, 1.807) is 31.4 Å². The quantitative estimate of drug-likeness (QED) is 0.783. The molecule has 1 aromatic carbocycles. The number of hydrogen-bond acceptors (Lipinski definition) is 6. The van der Waals surface area contributed by atoms with Crippen LogP contribution in [-0.2, 0) is 19.0 Å². The molecular weight excluding hydrogens is 376 g/mol. The van der Waals surface area contributed by atoms with E-state index < -0.39 is 12.2 Å². The van der Waals surface area contributed by atoms with E-state index in [-0.39, 0.29) is 36.7 Å². The van der Waals surface area contributed by atoms with Gasteiger partial charge in [-0.1, -0.05) is 19.3 Å². The van der Waals surface area contributed by atoms with Gasteiger partial charge in [0.15, 0.2) is 6.10 Å². The monoisotopic (exact) mass is 404 g/mol. The molecule has 1 aromatic rings. The van der Waals surface area contributed by atoms with Gasteiger partial charge in [0, 0.05) is 11.6 Å². The molecule has 29 heavy (non-hydrogen) atoms. The molecular formula is C21H28N2O6. The fraction of sp³-hybridized carbons (Fsp3) is 0.619. The van der Waals surface area contributed by atoms with E-state index in [2.05, 4.69) is 10.6 Å². The van der Waals surface area contributed by atoms with Crippen molar-refractivity contribution in [3.63, 3.8) is 0 Å². The number of nitrogens with one attached hydrogen (secondary N) is 2. The van der Waals surface area contributed by atoms with Gasteiger partial charge >= 0.3 is 6.09 Å². The minimum Gasteiger partial charge on any atom is -0.497 e. The lowest BCUT2D eigenvalue weighted by atomic mass is 9.88. The fourth-order valence-corrected chi connectivity index (χ4v) is 4.31. The van der Waals surface area contributed by atoms with E-state index in [1.165, 1.54) is 6.42 Å². The molecule has 4 rings (SSSR count). The molecule has 8 nitrogen and oxygen atoms in total. The van der Waals surface area contributed by atoms with Gasteiger partial charge in [-0.25, -0.2) is 4.79 Å². The Balaban J connectivity index is 1.27. The summed E-state index contributed by atoms with van der Waals surface area (Å²) in [6.45, 7) is 0.620. The number of fused-ring (bicyclic) bond motifs is 1. The summed E-state index contributed by atoms with van der Waals surface area (Å²) in [4.78, 5) is 24.8. The van der Waals surface area contributed by atoms with Gasteiger partial charge in [-0.2, -0.15) is 0 Å². The standard InChI is InChI=1S/C21H28N2O6/c1-26-15-9-7-14(8-10-15)22-21(25)29-17-12-28-18-16(11-27-19(17)18)23-20(24)13-5-3-2-4-6-13/h7-10,13,16-19H,2-6,11-12H2,1H3,(H,22,25)(H,23,24)/t16-,17-,18-,19+/m0/s1. The normalized spacial score (nSPS) is 29.1. The lowest BCUT2D eigenvalue weighted by Gasteiger charge is -2.24. The third-order valence-electron chi connectivity index (χ3n) is 5.91. The number of carbonyl (C=O) groups is 2. The highest BCUT2D eigenvalue weighted by Crippen LogP contribution is 2.30. The van der Waals surface area contributed by atoms with Gasteiger partial charge in [0.2, 0.25) is 5.91 Å². The first kappa shape index (κ1) is 20.0. The zero-order chi connectivity index (χ0) is 20.2. The number of ether oxygens (including phenoxy) is 4. The van der Waals surface area contributed by atoms with Crippen LogP contribution in [-0.4, -0.2) is 56.7 Å². The Bertz CT molecular complexity index is 718. The highest BCUT2D eigenvalue weighted by molar-refractivity contribution is 5.84. The molecule has 2 N–H and O–H groups in total. The molecule has 0 radical (unpaired) electrons. The van der Waals surface area contributed by atoms with Crippen LogP contribution < -0.4 is 15.4 Å². The summed E-state index contributed by atoms with van der Waals surface area (Å²) in [5, 5.41) is 5.78. The maximum atomic E-state index is 12.5. The Labute approximate surface area is 170 Å². The van der Waals surface area contributed by atoms with E-state index in [1.807, 2.05) is 0 Å². The molecule has 0 spiro atoms. The molecule has 0 aromatic heterocycles. The lowest BCUT2D eigenvalue weighted by Crippen LogP contribution is -2.46. The van der Waals surface area contributed by atoms with Crippen molar-refractivity contribution in [2.24, 2.45) is 5.92 Å². The van der Waals surface area contributed by atoms with Crippen LogP contribution in [0.3, 0.4) is 0 Å². The first-order valence-electron chi connectivity index (χ1n) is 10.3. The smallest absolute Gasteiger partial charge is 0.412 e.